The largest absolute Gasteiger partial charge is 0.356 e. The Kier molecular flexibility index (Phi) is 4.36. The fourth-order valence-electron chi connectivity index (χ4n) is 1.22. The van der Waals surface area contributed by atoms with E-state index in [1.807, 2.05) is 19.1 Å². The molecule has 0 saturated carbocycles. The zero-order valence-electron chi connectivity index (χ0n) is 8.79. The highest BCUT2D eigenvalue weighted by atomic mass is 16.1. The van der Waals surface area contributed by atoms with Gasteiger partial charge in [0, 0.05) is 13.0 Å². The van der Waals surface area contributed by atoms with E-state index in [-0.39, 0.29) is 5.91 Å². The van der Waals surface area contributed by atoms with Gasteiger partial charge < -0.3 is 5.32 Å². The topological polar surface area (TPSA) is 52.9 Å². The number of benzene rings is 1. The minimum Gasteiger partial charge on any atom is -0.356 e. The Hall–Kier alpha value is -1.82. The molecule has 0 saturated heterocycles. The fraction of sp³-hybridized carbons (Fsp3) is 0.333. The van der Waals surface area contributed by atoms with Crippen molar-refractivity contribution in [1.82, 2.24) is 5.32 Å². The molecule has 0 aliphatic heterocycles. The van der Waals surface area contributed by atoms with E-state index in [9.17, 15) is 4.79 Å². The number of rotatable bonds is 4. The molecule has 0 aromatic heterocycles. The summed E-state index contributed by atoms with van der Waals surface area (Å²) in [4.78, 5) is 10.9. The van der Waals surface area contributed by atoms with Gasteiger partial charge in [0.05, 0.1) is 11.6 Å². The number of carbonyl (C=O) groups excluding carboxylic acids is 1. The minimum atomic E-state index is 0.0728. The maximum atomic E-state index is 10.9. The monoisotopic (exact) mass is 202 g/mol. The van der Waals surface area contributed by atoms with Gasteiger partial charge in [0.25, 0.3) is 0 Å². The van der Waals surface area contributed by atoms with Gasteiger partial charge in [0.1, 0.15) is 0 Å². The quantitative estimate of drug-likeness (QED) is 0.806. The van der Waals surface area contributed by atoms with E-state index < -0.39 is 0 Å². The minimum absolute atomic E-state index is 0.0728. The summed E-state index contributed by atoms with van der Waals surface area (Å²) < 4.78 is 0. The molecule has 78 valence electrons. The molecule has 1 amide bonds. The third-order valence-corrected chi connectivity index (χ3v) is 2.14. The summed E-state index contributed by atoms with van der Waals surface area (Å²) in [6.45, 7) is 2.48. The molecular formula is C12H14N2O. The Morgan fingerprint density at radius 1 is 1.40 bits per heavy atom. The molecule has 15 heavy (non-hydrogen) atoms. The van der Waals surface area contributed by atoms with E-state index >= 15 is 0 Å². The molecule has 0 atom stereocenters. The van der Waals surface area contributed by atoms with Crippen molar-refractivity contribution in [3.8, 4) is 6.07 Å². The predicted octanol–water partition coefficient (Wildman–Crippen LogP) is 1.63. The molecule has 1 aromatic rings. The van der Waals surface area contributed by atoms with Crippen LogP contribution in [-0.4, -0.2) is 12.5 Å². The normalized spacial score (nSPS) is 9.33. The molecule has 1 N–H and O–H groups in total. The third-order valence-electron chi connectivity index (χ3n) is 2.14. The Labute approximate surface area is 89.7 Å². The van der Waals surface area contributed by atoms with Crippen LogP contribution in [-0.2, 0) is 11.2 Å². The van der Waals surface area contributed by atoms with E-state index in [1.165, 1.54) is 0 Å². The number of carbonyl (C=O) groups is 1. The highest BCUT2D eigenvalue weighted by Gasteiger charge is 1.97. The maximum Gasteiger partial charge on any atom is 0.219 e. The molecule has 0 aliphatic rings. The average molecular weight is 202 g/mol. The lowest BCUT2D eigenvalue weighted by atomic mass is 10.1. The summed E-state index contributed by atoms with van der Waals surface area (Å²) in [5.41, 5.74) is 1.79. The lowest BCUT2D eigenvalue weighted by molar-refractivity contribution is -0.120. The number of nitriles is 1. The summed E-state index contributed by atoms with van der Waals surface area (Å²) in [7, 11) is 0. The first kappa shape index (κ1) is 11.3. The highest BCUT2D eigenvalue weighted by Crippen LogP contribution is 2.03. The van der Waals surface area contributed by atoms with Crippen molar-refractivity contribution in [2.75, 3.05) is 6.54 Å². The first-order chi connectivity index (χ1) is 7.26. The van der Waals surface area contributed by atoms with Gasteiger partial charge in [0.15, 0.2) is 0 Å². The van der Waals surface area contributed by atoms with Gasteiger partial charge in [-0.1, -0.05) is 19.1 Å². The average Bonchev–Trinajstić information content (AvgIpc) is 2.29. The van der Waals surface area contributed by atoms with E-state index in [0.29, 0.717) is 18.5 Å². The van der Waals surface area contributed by atoms with Gasteiger partial charge in [-0.15, -0.1) is 0 Å². The van der Waals surface area contributed by atoms with Crippen LogP contribution >= 0.6 is 0 Å². The number of amides is 1. The van der Waals surface area contributed by atoms with E-state index in [4.69, 9.17) is 5.26 Å². The van der Waals surface area contributed by atoms with Gasteiger partial charge in [-0.05, 0) is 24.1 Å². The van der Waals surface area contributed by atoms with Crippen LogP contribution in [0.5, 0.6) is 0 Å². The molecule has 1 rings (SSSR count). The van der Waals surface area contributed by atoms with Crippen molar-refractivity contribution < 1.29 is 4.79 Å². The second-order valence-electron chi connectivity index (χ2n) is 3.26. The zero-order chi connectivity index (χ0) is 11.1. The van der Waals surface area contributed by atoms with Crippen LogP contribution in [0.15, 0.2) is 24.3 Å². The number of hydrogen-bond donors (Lipinski definition) is 1. The molecule has 0 aliphatic carbocycles. The van der Waals surface area contributed by atoms with Crippen LogP contribution in [0.2, 0.25) is 0 Å². The van der Waals surface area contributed by atoms with Crippen molar-refractivity contribution in [2.24, 2.45) is 0 Å². The highest BCUT2D eigenvalue weighted by molar-refractivity contribution is 5.75. The van der Waals surface area contributed by atoms with Crippen molar-refractivity contribution in [3.63, 3.8) is 0 Å². The molecule has 1 aromatic carbocycles. The van der Waals surface area contributed by atoms with Crippen LogP contribution in [0, 0.1) is 11.3 Å². The molecule has 3 heteroatoms. The van der Waals surface area contributed by atoms with Crippen molar-refractivity contribution in [3.05, 3.63) is 35.4 Å². The molecule has 0 radical (unpaired) electrons. The first-order valence-corrected chi connectivity index (χ1v) is 5.02. The maximum absolute atomic E-state index is 10.9. The Bertz CT molecular complexity index is 362. The van der Waals surface area contributed by atoms with Gasteiger partial charge >= 0.3 is 0 Å². The molecular weight excluding hydrogens is 188 g/mol. The van der Waals surface area contributed by atoms with Crippen molar-refractivity contribution in [2.45, 2.75) is 19.8 Å². The standard InChI is InChI=1S/C12H14N2O/c1-2-12(15)14-8-7-10-3-5-11(9-13)6-4-10/h3-6H,2,7-8H2,1H3,(H,14,15). The lowest BCUT2D eigenvalue weighted by Gasteiger charge is -2.03. The third kappa shape index (κ3) is 3.82. The van der Waals surface area contributed by atoms with Gasteiger partial charge in [-0.25, -0.2) is 0 Å². The van der Waals surface area contributed by atoms with Crippen LogP contribution < -0.4 is 5.32 Å². The summed E-state index contributed by atoms with van der Waals surface area (Å²) >= 11 is 0. The SMILES string of the molecule is CCC(=O)NCCc1ccc(C#N)cc1. The van der Waals surface area contributed by atoms with E-state index in [2.05, 4.69) is 11.4 Å². The first-order valence-electron chi connectivity index (χ1n) is 5.02. The Morgan fingerprint density at radius 3 is 2.60 bits per heavy atom. The molecule has 0 heterocycles. The number of hydrogen-bond acceptors (Lipinski definition) is 2. The van der Waals surface area contributed by atoms with Gasteiger partial charge in [0.2, 0.25) is 5.91 Å². The van der Waals surface area contributed by atoms with Crippen LogP contribution in [0.4, 0.5) is 0 Å². The predicted molar refractivity (Wildman–Crippen MR) is 58.2 cm³/mol. The number of nitrogens with zero attached hydrogens (tertiary/aromatic N) is 1. The van der Waals surface area contributed by atoms with E-state index in [0.717, 1.165) is 12.0 Å². The Morgan fingerprint density at radius 2 is 2.07 bits per heavy atom. The zero-order valence-corrected chi connectivity index (χ0v) is 8.79. The second-order valence-corrected chi connectivity index (χ2v) is 3.26. The fourth-order valence-corrected chi connectivity index (χ4v) is 1.22. The summed E-state index contributed by atoms with van der Waals surface area (Å²) in [5.74, 6) is 0.0728. The molecule has 0 bridgehead atoms. The van der Waals surface area contributed by atoms with Crippen LogP contribution in [0.25, 0.3) is 0 Å². The van der Waals surface area contributed by atoms with Crippen LogP contribution in [0.3, 0.4) is 0 Å². The second kappa shape index (κ2) is 5.82. The molecule has 0 fully saturated rings. The summed E-state index contributed by atoms with van der Waals surface area (Å²) in [6.07, 6.45) is 1.32. The summed E-state index contributed by atoms with van der Waals surface area (Å²) in [6, 6.07) is 9.47. The van der Waals surface area contributed by atoms with Crippen LogP contribution in [0.1, 0.15) is 24.5 Å². The Balaban J connectivity index is 2.38. The van der Waals surface area contributed by atoms with Gasteiger partial charge in [-0.3, -0.25) is 4.79 Å². The van der Waals surface area contributed by atoms with Crippen molar-refractivity contribution in [1.29, 1.82) is 5.26 Å². The summed E-state index contributed by atoms with van der Waals surface area (Å²) in [5, 5.41) is 11.4. The van der Waals surface area contributed by atoms with E-state index in [1.54, 1.807) is 12.1 Å². The smallest absolute Gasteiger partial charge is 0.219 e. The van der Waals surface area contributed by atoms with Gasteiger partial charge in [-0.2, -0.15) is 5.26 Å². The molecule has 0 unspecified atom stereocenters. The number of nitrogens with one attached hydrogen (secondary N) is 1. The molecule has 3 nitrogen and oxygen atoms in total. The lowest BCUT2D eigenvalue weighted by Crippen LogP contribution is -2.24. The van der Waals surface area contributed by atoms with Crippen molar-refractivity contribution >= 4 is 5.91 Å². The molecule has 0 spiro atoms.